The minimum atomic E-state index is 0.333. The van der Waals surface area contributed by atoms with E-state index in [1.165, 1.54) is 12.8 Å². The standard InChI is InChI=1S/C10H18N2O/c1-7(2)12-9-4-3-5-11-8(9)6-10(12)13/h7-9,11H,3-6H2,1-2H3. The van der Waals surface area contributed by atoms with Crippen LogP contribution in [-0.2, 0) is 4.79 Å². The van der Waals surface area contributed by atoms with Gasteiger partial charge in [0.2, 0.25) is 5.91 Å². The van der Waals surface area contributed by atoms with E-state index in [-0.39, 0.29) is 0 Å². The molecule has 1 amide bonds. The molecule has 0 aliphatic carbocycles. The number of rotatable bonds is 1. The summed E-state index contributed by atoms with van der Waals surface area (Å²) in [6.07, 6.45) is 3.10. The molecule has 0 aromatic rings. The maximum absolute atomic E-state index is 11.7. The Morgan fingerprint density at radius 1 is 1.54 bits per heavy atom. The zero-order chi connectivity index (χ0) is 9.42. The number of carbonyl (C=O) groups excluding carboxylic acids is 1. The van der Waals surface area contributed by atoms with E-state index in [0.717, 1.165) is 6.54 Å². The quantitative estimate of drug-likeness (QED) is 0.649. The van der Waals surface area contributed by atoms with Crippen LogP contribution in [0.3, 0.4) is 0 Å². The van der Waals surface area contributed by atoms with Crippen LogP contribution in [0.2, 0.25) is 0 Å². The van der Waals surface area contributed by atoms with Crippen LogP contribution >= 0.6 is 0 Å². The number of likely N-dealkylation sites (tertiary alicyclic amines) is 1. The number of hydrogen-bond acceptors (Lipinski definition) is 2. The van der Waals surface area contributed by atoms with Crippen LogP contribution < -0.4 is 5.32 Å². The number of hydrogen-bond donors (Lipinski definition) is 1. The molecule has 0 radical (unpaired) electrons. The summed E-state index contributed by atoms with van der Waals surface area (Å²) < 4.78 is 0. The third-order valence-electron chi connectivity index (χ3n) is 3.14. The summed E-state index contributed by atoms with van der Waals surface area (Å²) in [4.78, 5) is 13.7. The van der Waals surface area contributed by atoms with Crippen molar-refractivity contribution in [3.63, 3.8) is 0 Å². The van der Waals surface area contributed by atoms with Crippen LogP contribution in [0.4, 0.5) is 0 Å². The number of carbonyl (C=O) groups is 1. The van der Waals surface area contributed by atoms with Crippen LogP contribution in [0.1, 0.15) is 33.1 Å². The average Bonchev–Trinajstić information content (AvgIpc) is 2.39. The number of piperidine rings is 1. The lowest BCUT2D eigenvalue weighted by Gasteiger charge is -2.34. The highest BCUT2D eigenvalue weighted by Gasteiger charge is 2.41. The molecule has 2 aliphatic rings. The predicted molar refractivity (Wildman–Crippen MR) is 51.4 cm³/mol. The Kier molecular flexibility index (Phi) is 2.28. The highest BCUT2D eigenvalue weighted by Crippen LogP contribution is 2.27. The van der Waals surface area contributed by atoms with Gasteiger partial charge in [-0.2, -0.15) is 0 Å². The smallest absolute Gasteiger partial charge is 0.224 e. The molecule has 2 fully saturated rings. The summed E-state index contributed by atoms with van der Waals surface area (Å²) in [6.45, 7) is 5.30. The zero-order valence-electron chi connectivity index (χ0n) is 8.42. The first-order chi connectivity index (χ1) is 6.20. The second-order valence-electron chi connectivity index (χ2n) is 4.37. The third-order valence-corrected chi connectivity index (χ3v) is 3.14. The van der Waals surface area contributed by atoms with Gasteiger partial charge in [0.25, 0.3) is 0 Å². The summed E-state index contributed by atoms with van der Waals surface area (Å²) in [7, 11) is 0. The van der Waals surface area contributed by atoms with Gasteiger partial charge in [-0.15, -0.1) is 0 Å². The van der Waals surface area contributed by atoms with Crippen molar-refractivity contribution in [2.75, 3.05) is 6.54 Å². The van der Waals surface area contributed by atoms with E-state index in [1.807, 2.05) is 0 Å². The SMILES string of the molecule is CC(C)N1C(=O)CC2NCCCC21. The molecule has 2 rings (SSSR count). The first-order valence-corrected chi connectivity index (χ1v) is 5.24. The maximum atomic E-state index is 11.7. The second kappa shape index (κ2) is 3.29. The van der Waals surface area contributed by atoms with Crippen molar-refractivity contribution < 1.29 is 4.79 Å². The monoisotopic (exact) mass is 182 g/mol. The molecule has 0 aromatic carbocycles. The number of nitrogens with zero attached hydrogens (tertiary/aromatic N) is 1. The minimum absolute atomic E-state index is 0.333. The molecule has 3 heteroatoms. The Morgan fingerprint density at radius 2 is 2.31 bits per heavy atom. The molecule has 74 valence electrons. The molecule has 2 saturated heterocycles. The molecule has 1 N–H and O–H groups in total. The fourth-order valence-corrected chi connectivity index (χ4v) is 2.63. The van der Waals surface area contributed by atoms with Gasteiger partial charge >= 0.3 is 0 Å². The highest BCUT2D eigenvalue weighted by atomic mass is 16.2. The molecule has 13 heavy (non-hydrogen) atoms. The van der Waals surface area contributed by atoms with Gasteiger partial charge in [-0.3, -0.25) is 4.79 Å². The van der Waals surface area contributed by atoms with Gasteiger partial charge in [0.15, 0.2) is 0 Å². The first-order valence-electron chi connectivity index (χ1n) is 5.24. The Morgan fingerprint density at radius 3 is 3.00 bits per heavy atom. The molecule has 0 aromatic heterocycles. The Balaban J connectivity index is 2.13. The summed E-state index contributed by atoms with van der Waals surface area (Å²) >= 11 is 0. The molecule has 0 bridgehead atoms. The molecule has 2 atom stereocenters. The van der Waals surface area contributed by atoms with E-state index in [1.54, 1.807) is 0 Å². The van der Waals surface area contributed by atoms with Gasteiger partial charge in [-0.1, -0.05) is 0 Å². The Labute approximate surface area is 79.5 Å². The Hall–Kier alpha value is -0.570. The molecule has 0 spiro atoms. The van der Waals surface area contributed by atoms with Crippen molar-refractivity contribution in [3.8, 4) is 0 Å². The summed E-state index contributed by atoms with van der Waals surface area (Å²) in [5, 5.41) is 3.43. The van der Waals surface area contributed by atoms with Crippen molar-refractivity contribution in [1.82, 2.24) is 10.2 Å². The minimum Gasteiger partial charge on any atom is -0.336 e. The van der Waals surface area contributed by atoms with Crippen molar-refractivity contribution in [1.29, 1.82) is 0 Å². The number of amides is 1. The van der Waals surface area contributed by atoms with Crippen LogP contribution in [0.25, 0.3) is 0 Å². The summed E-state index contributed by atoms with van der Waals surface area (Å²) in [5.41, 5.74) is 0. The van der Waals surface area contributed by atoms with E-state index >= 15 is 0 Å². The van der Waals surface area contributed by atoms with Crippen molar-refractivity contribution >= 4 is 5.91 Å². The number of fused-ring (bicyclic) bond motifs is 1. The summed E-state index contributed by atoms with van der Waals surface area (Å²) in [5.74, 6) is 0.333. The van der Waals surface area contributed by atoms with Gasteiger partial charge in [0, 0.05) is 24.5 Å². The Bertz CT molecular complexity index is 215. The maximum Gasteiger partial charge on any atom is 0.224 e. The van der Waals surface area contributed by atoms with Crippen molar-refractivity contribution in [3.05, 3.63) is 0 Å². The van der Waals surface area contributed by atoms with Crippen LogP contribution in [0.15, 0.2) is 0 Å². The summed E-state index contributed by atoms with van der Waals surface area (Å²) in [6, 6.07) is 1.27. The van der Waals surface area contributed by atoms with Gasteiger partial charge in [-0.05, 0) is 33.2 Å². The number of nitrogens with one attached hydrogen (secondary N) is 1. The van der Waals surface area contributed by atoms with Crippen LogP contribution in [-0.4, -0.2) is 35.5 Å². The van der Waals surface area contributed by atoms with E-state index in [0.29, 0.717) is 30.5 Å². The second-order valence-corrected chi connectivity index (χ2v) is 4.37. The highest BCUT2D eigenvalue weighted by molar-refractivity contribution is 5.80. The van der Waals surface area contributed by atoms with Gasteiger partial charge in [-0.25, -0.2) is 0 Å². The molecule has 2 unspecified atom stereocenters. The topological polar surface area (TPSA) is 32.3 Å². The van der Waals surface area contributed by atoms with Gasteiger partial charge < -0.3 is 10.2 Å². The van der Waals surface area contributed by atoms with Crippen molar-refractivity contribution in [2.24, 2.45) is 0 Å². The predicted octanol–water partition coefficient (Wildman–Crippen LogP) is 0.748. The molecule has 2 aliphatic heterocycles. The van der Waals surface area contributed by atoms with Gasteiger partial charge in [0.05, 0.1) is 0 Å². The lowest BCUT2D eigenvalue weighted by Crippen LogP contribution is -2.49. The van der Waals surface area contributed by atoms with E-state index in [4.69, 9.17) is 0 Å². The zero-order valence-corrected chi connectivity index (χ0v) is 8.42. The lowest BCUT2D eigenvalue weighted by atomic mass is 9.99. The van der Waals surface area contributed by atoms with Crippen LogP contribution in [0, 0.1) is 0 Å². The largest absolute Gasteiger partial charge is 0.336 e. The first kappa shape index (κ1) is 9.00. The molecular formula is C10H18N2O. The molecule has 2 heterocycles. The van der Waals surface area contributed by atoms with Crippen molar-refractivity contribution in [2.45, 2.75) is 51.2 Å². The van der Waals surface area contributed by atoms with Gasteiger partial charge in [0.1, 0.15) is 0 Å². The normalized spacial score (nSPS) is 34.1. The van der Waals surface area contributed by atoms with E-state index in [2.05, 4.69) is 24.1 Å². The molecular weight excluding hydrogens is 164 g/mol. The fourth-order valence-electron chi connectivity index (χ4n) is 2.63. The molecule has 3 nitrogen and oxygen atoms in total. The van der Waals surface area contributed by atoms with E-state index in [9.17, 15) is 4.79 Å². The van der Waals surface area contributed by atoms with Crippen LogP contribution in [0.5, 0.6) is 0 Å². The van der Waals surface area contributed by atoms with E-state index < -0.39 is 0 Å². The lowest BCUT2D eigenvalue weighted by molar-refractivity contribution is -0.130. The molecule has 0 saturated carbocycles. The fraction of sp³-hybridized carbons (Fsp3) is 0.900. The average molecular weight is 182 g/mol. The third kappa shape index (κ3) is 1.46.